The minimum absolute atomic E-state index is 0.238. The number of rotatable bonds is 9. The summed E-state index contributed by atoms with van der Waals surface area (Å²) in [6.07, 6.45) is 3.80. The Balaban J connectivity index is 1.84. The van der Waals surface area contributed by atoms with Crippen LogP contribution in [0.3, 0.4) is 0 Å². The van der Waals surface area contributed by atoms with Gasteiger partial charge in [0.2, 0.25) is 0 Å². The smallest absolute Gasteiger partial charge is 0.269 e. The number of nitrogens with zero attached hydrogens (tertiary/aromatic N) is 1. The van der Waals surface area contributed by atoms with Crippen molar-refractivity contribution in [3.05, 3.63) is 64.4 Å². The number of carbonyl (C=O) groups is 2. The van der Waals surface area contributed by atoms with Crippen molar-refractivity contribution in [3.8, 4) is 0 Å². The van der Waals surface area contributed by atoms with Gasteiger partial charge in [-0.05, 0) is 42.7 Å². The number of unbranched alkanes of at least 4 members (excludes halogenated alkanes) is 2. The van der Waals surface area contributed by atoms with Crippen molar-refractivity contribution in [1.82, 2.24) is 15.6 Å². The molecule has 138 valence electrons. The maximum atomic E-state index is 12.2. The van der Waals surface area contributed by atoms with Gasteiger partial charge < -0.3 is 10.6 Å². The van der Waals surface area contributed by atoms with Crippen molar-refractivity contribution < 1.29 is 9.59 Å². The van der Waals surface area contributed by atoms with Crippen molar-refractivity contribution in [2.75, 3.05) is 13.1 Å². The van der Waals surface area contributed by atoms with Crippen molar-refractivity contribution in [1.29, 1.82) is 0 Å². The highest BCUT2D eigenvalue weighted by Gasteiger charge is 2.11. The van der Waals surface area contributed by atoms with Gasteiger partial charge in [-0.1, -0.05) is 49.6 Å². The molecule has 0 aliphatic rings. The summed E-state index contributed by atoms with van der Waals surface area (Å²) in [5.41, 5.74) is 1.58. The molecule has 2 rings (SSSR count). The number of pyridine rings is 1. The predicted octanol–water partition coefficient (Wildman–Crippen LogP) is 3.63. The number of carbonyl (C=O) groups excluding carboxylic acids is 2. The van der Waals surface area contributed by atoms with E-state index in [9.17, 15) is 9.59 Å². The first kappa shape index (κ1) is 19.9. The SMILES string of the molecule is CCCCCNC(=O)c1cccc(C(=O)NCCc2ccc(Cl)cc2)n1. The number of aromatic nitrogens is 1. The third-order valence-electron chi connectivity index (χ3n) is 3.89. The highest BCUT2D eigenvalue weighted by molar-refractivity contribution is 6.30. The Labute approximate surface area is 159 Å². The molecule has 0 unspecified atom stereocenters. The van der Waals surface area contributed by atoms with Crippen LogP contribution in [0.4, 0.5) is 0 Å². The molecule has 26 heavy (non-hydrogen) atoms. The molecule has 0 atom stereocenters. The van der Waals surface area contributed by atoms with Gasteiger partial charge in [-0.3, -0.25) is 9.59 Å². The van der Waals surface area contributed by atoms with Crippen LogP contribution in [-0.4, -0.2) is 29.9 Å². The van der Waals surface area contributed by atoms with E-state index in [0.29, 0.717) is 24.5 Å². The molecule has 2 aromatic rings. The Morgan fingerprint density at radius 2 is 1.54 bits per heavy atom. The Morgan fingerprint density at radius 1 is 0.923 bits per heavy atom. The molecule has 2 N–H and O–H groups in total. The minimum atomic E-state index is -0.292. The molecule has 0 aliphatic heterocycles. The fourth-order valence-corrected chi connectivity index (χ4v) is 2.54. The Morgan fingerprint density at radius 3 is 2.15 bits per heavy atom. The lowest BCUT2D eigenvalue weighted by Gasteiger charge is -2.07. The molecule has 1 heterocycles. The largest absolute Gasteiger partial charge is 0.351 e. The molecule has 6 heteroatoms. The van der Waals surface area contributed by atoms with Gasteiger partial charge in [-0.15, -0.1) is 0 Å². The summed E-state index contributed by atoms with van der Waals surface area (Å²) in [6, 6.07) is 12.4. The fourth-order valence-electron chi connectivity index (χ4n) is 2.42. The summed E-state index contributed by atoms with van der Waals surface area (Å²) in [5, 5.41) is 6.33. The van der Waals surface area contributed by atoms with E-state index in [4.69, 9.17) is 11.6 Å². The van der Waals surface area contributed by atoms with Gasteiger partial charge in [-0.2, -0.15) is 0 Å². The van der Waals surface area contributed by atoms with Crippen LogP contribution < -0.4 is 10.6 Å². The lowest BCUT2D eigenvalue weighted by atomic mass is 10.1. The number of benzene rings is 1. The van der Waals surface area contributed by atoms with Crippen molar-refractivity contribution in [2.45, 2.75) is 32.6 Å². The van der Waals surface area contributed by atoms with Crippen LogP contribution in [0.25, 0.3) is 0 Å². The second kappa shape index (κ2) is 10.6. The summed E-state index contributed by atoms with van der Waals surface area (Å²) in [6.45, 7) is 3.21. The van der Waals surface area contributed by atoms with Gasteiger partial charge in [0.1, 0.15) is 11.4 Å². The van der Waals surface area contributed by atoms with Gasteiger partial charge >= 0.3 is 0 Å². The molecule has 0 saturated heterocycles. The van der Waals surface area contributed by atoms with E-state index in [0.717, 1.165) is 24.8 Å². The Kier molecular flexibility index (Phi) is 8.09. The number of hydrogen-bond donors (Lipinski definition) is 2. The average molecular weight is 374 g/mol. The lowest BCUT2D eigenvalue weighted by molar-refractivity contribution is 0.0944. The van der Waals surface area contributed by atoms with E-state index in [1.807, 2.05) is 24.3 Å². The second-order valence-electron chi connectivity index (χ2n) is 6.00. The topological polar surface area (TPSA) is 71.1 Å². The number of amides is 2. The van der Waals surface area contributed by atoms with E-state index in [2.05, 4.69) is 22.5 Å². The van der Waals surface area contributed by atoms with Crippen LogP contribution in [0.5, 0.6) is 0 Å². The maximum Gasteiger partial charge on any atom is 0.269 e. The molecule has 0 radical (unpaired) electrons. The molecular weight excluding hydrogens is 350 g/mol. The van der Waals surface area contributed by atoms with E-state index >= 15 is 0 Å². The third kappa shape index (κ3) is 6.48. The first-order valence-corrected chi connectivity index (χ1v) is 9.26. The molecule has 0 spiro atoms. The maximum absolute atomic E-state index is 12.2. The fraction of sp³-hybridized carbons (Fsp3) is 0.350. The summed E-state index contributed by atoms with van der Waals surface area (Å²) >= 11 is 5.85. The van der Waals surface area contributed by atoms with E-state index in [1.54, 1.807) is 18.2 Å². The zero-order chi connectivity index (χ0) is 18.8. The first-order chi connectivity index (χ1) is 12.6. The zero-order valence-corrected chi connectivity index (χ0v) is 15.7. The van der Waals surface area contributed by atoms with Gasteiger partial charge in [0.25, 0.3) is 11.8 Å². The van der Waals surface area contributed by atoms with Crippen molar-refractivity contribution in [3.63, 3.8) is 0 Å². The molecule has 1 aromatic heterocycles. The van der Waals surface area contributed by atoms with E-state index in [-0.39, 0.29) is 23.2 Å². The number of nitrogens with one attached hydrogen (secondary N) is 2. The van der Waals surface area contributed by atoms with Crippen molar-refractivity contribution >= 4 is 23.4 Å². The monoisotopic (exact) mass is 373 g/mol. The van der Waals surface area contributed by atoms with Gasteiger partial charge in [-0.25, -0.2) is 4.98 Å². The molecule has 1 aromatic carbocycles. The predicted molar refractivity (Wildman–Crippen MR) is 104 cm³/mol. The summed E-state index contributed by atoms with van der Waals surface area (Å²) in [7, 11) is 0. The summed E-state index contributed by atoms with van der Waals surface area (Å²) in [4.78, 5) is 28.5. The van der Waals surface area contributed by atoms with Crippen LogP contribution in [-0.2, 0) is 6.42 Å². The van der Waals surface area contributed by atoms with Gasteiger partial charge in [0.15, 0.2) is 0 Å². The van der Waals surface area contributed by atoms with Gasteiger partial charge in [0, 0.05) is 18.1 Å². The van der Waals surface area contributed by atoms with Crippen LogP contribution >= 0.6 is 11.6 Å². The third-order valence-corrected chi connectivity index (χ3v) is 4.14. The quantitative estimate of drug-likeness (QED) is 0.659. The normalized spacial score (nSPS) is 10.4. The average Bonchev–Trinajstić information content (AvgIpc) is 2.66. The second-order valence-corrected chi connectivity index (χ2v) is 6.44. The first-order valence-electron chi connectivity index (χ1n) is 8.88. The highest BCUT2D eigenvalue weighted by atomic mass is 35.5. The van der Waals surface area contributed by atoms with Gasteiger partial charge in [0.05, 0.1) is 0 Å². The van der Waals surface area contributed by atoms with E-state index in [1.165, 1.54) is 0 Å². The highest BCUT2D eigenvalue weighted by Crippen LogP contribution is 2.09. The van der Waals surface area contributed by atoms with E-state index < -0.39 is 0 Å². The Hall–Kier alpha value is -2.40. The molecule has 0 aliphatic carbocycles. The molecule has 0 saturated carbocycles. The standard InChI is InChI=1S/C20H24ClN3O2/c1-2-3-4-13-22-19(25)17-6-5-7-18(24-17)20(26)23-14-12-15-8-10-16(21)11-9-15/h5-11H,2-4,12-14H2,1H3,(H,22,25)(H,23,26). The van der Waals surface area contributed by atoms with Crippen LogP contribution in [0, 0.1) is 0 Å². The van der Waals surface area contributed by atoms with Crippen molar-refractivity contribution in [2.24, 2.45) is 0 Å². The molecule has 5 nitrogen and oxygen atoms in total. The summed E-state index contributed by atoms with van der Waals surface area (Å²) in [5.74, 6) is -0.545. The Bertz CT molecular complexity index is 732. The number of halogens is 1. The molecule has 2 amide bonds. The molecular formula is C20H24ClN3O2. The lowest BCUT2D eigenvalue weighted by Crippen LogP contribution is -2.29. The summed E-state index contributed by atoms with van der Waals surface area (Å²) < 4.78 is 0. The molecule has 0 fully saturated rings. The molecule has 0 bridgehead atoms. The number of hydrogen-bond acceptors (Lipinski definition) is 3. The zero-order valence-electron chi connectivity index (χ0n) is 14.9. The van der Waals surface area contributed by atoms with Crippen LogP contribution in [0.2, 0.25) is 5.02 Å². The van der Waals surface area contributed by atoms with Crippen LogP contribution in [0.1, 0.15) is 52.7 Å². The minimum Gasteiger partial charge on any atom is -0.351 e. The van der Waals surface area contributed by atoms with Crippen LogP contribution in [0.15, 0.2) is 42.5 Å².